The summed E-state index contributed by atoms with van der Waals surface area (Å²) in [5.74, 6) is -0.192. The number of benzene rings is 1. The van der Waals surface area contributed by atoms with Crippen LogP contribution in [0.15, 0.2) is 18.2 Å². The van der Waals surface area contributed by atoms with Crippen LogP contribution in [0.5, 0.6) is 0 Å². The molecule has 2 unspecified atom stereocenters. The second kappa shape index (κ2) is 6.72. The van der Waals surface area contributed by atoms with Gasteiger partial charge < -0.3 is 10.5 Å². The van der Waals surface area contributed by atoms with Gasteiger partial charge in [0, 0.05) is 13.2 Å². The highest BCUT2D eigenvalue weighted by Gasteiger charge is 2.09. The van der Waals surface area contributed by atoms with E-state index in [4.69, 9.17) is 10.5 Å². The Labute approximate surface area is 103 Å². The van der Waals surface area contributed by atoms with E-state index < -0.39 is 0 Å². The van der Waals surface area contributed by atoms with Crippen molar-refractivity contribution in [3.63, 3.8) is 0 Å². The molecule has 2 N–H and O–H groups in total. The molecule has 2 nitrogen and oxygen atoms in total. The number of hydrogen-bond donors (Lipinski definition) is 1. The lowest BCUT2D eigenvalue weighted by molar-refractivity contribution is 0.107. The van der Waals surface area contributed by atoms with Gasteiger partial charge in [-0.3, -0.25) is 0 Å². The summed E-state index contributed by atoms with van der Waals surface area (Å²) in [4.78, 5) is 0. The van der Waals surface area contributed by atoms with E-state index in [-0.39, 0.29) is 18.0 Å². The molecule has 0 fully saturated rings. The molecule has 1 aromatic rings. The summed E-state index contributed by atoms with van der Waals surface area (Å²) < 4.78 is 18.3. The van der Waals surface area contributed by atoms with Gasteiger partial charge in [-0.1, -0.05) is 6.07 Å². The van der Waals surface area contributed by atoms with Crippen molar-refractivity contribution in [1.29, 1.82) is 0 Å². The van der Waals surface area contributed by atoms with Crippen LogP contribution in [0, 0.1) is 12.7 Å². The molecule has 1 aromatic carbocycles. The molecule has 96 valence electrons. The third-order valence-corrected chi connectivity index (χ3v) is 3.14. The van der Waals surface area contributed by atoms with Crippen LogP contribution in [0.25, 0.3) is 0 Å². The van der Waals surface area contributed by atoms with Crippen LogP contribution in [0.1, 0.15) is 30.9 Å². The van der Waals surface area contributed by atoms with E-state index in [1.54, 1.807) is 19.2 Å². The van der Waals surface area contributed by atoms with Crippen LogP contribution >= 0.6 is 0 Å². The molecule has 0 bridgehead atoms. The van der Waals surface area contributed by atoms with Crippen LogP contribution in [0.4, 0.5) is 4.39 Å². The first-order chi connectivity index (χ1) is 8.02. The molecule has 0 saturated carbocycles. The van der Waals surface area contributed by atoms with E-state index in [1.165, 1.54) is 6.07 Å². The summed E-state index contributed by atoms with van der Waals surface area (Å²) in [6.07, 6.45) is 2.78. The van der Waals surface area contributed by atoms with Crippen molar-refractivity contribution in [2.75, 3.05) is 7.11 Å². The number of ether oxygens (including phenoxy) is 1. The van der Waals surface area contributed by atoms with E-state index in [2.05, 4.69) is 0 Å². The maximum Gasteiger partial charge on any atom is 0.123 e. The van der Waals surface area contributed by atoms with Crippen LogP contribution in [0.2, 0.25) is 0 Å². The zero-order valence-corrected chi connectivity index (χ0v) is 10.9. The Morgan fingerprint density at radius 1 is 1.35 bits per heavy atom. The first-order valence-corrected chi connectivity index (χ1v) is 6.06. The first-order valence-electron chi connectivity index (χ1n) is 6.06. The van der Waals surface area contributed by atoms with Gasteiger partial charge in [0.2, 0.25) is 0 Å². The van der Waals surface area contributed by atoms with Crippen molar-refractivity contribution >= 4 is 0 Å². The van der Waals surface area contributed by atoms with E-state index in [0.717, 1.165) is 30.4 Å². The maximum absolute atomic E-state index is 13.1. The SMILES string of the molecule is COC(C)CCC(N)Cc1cc(F)ccc1C. The van der Waals surface area contributed by atoms with Gasteiger partial charge in [0.05, 0.1) is 6.10 Å². The highest BCUT2D eigenvalue weighted by molar-refractivity contribution is 5.27. The Kier molecular flexibility index (Phi) is 5.59. The molecule has 0 aliphatic carbocycles. The van der Waals surface area contributed by atoms with E-state index in [9.17, 15) is 4.39 Å². The largest absolute Gasteiger partial charge is 0.382 e. The van der Waals surface area contributed by atoms with Gasteiger partial charge in [-0.05, 0) is 56.4 Å². The summed E-state index contributed by atoms with van der Waals surface area (Å²) in [6.45, 7) is 4.01. The highest BCUT2D eigenvalue weighted by atomic mass is 19.1. The Morgan fingerprint density at radius 3 is 2.71 bits per heavy atom. The molecule has 0 aliphatic rings. The topological polar surface area (TPSA) is 35.2 Å². The van der Waals surface area contributed by atoms with Crippen molar-refractivity contribution in [3.05, 3.63) is 35.1 Å². The molecule has 17 heavy (non-hydrogen) atoms. The van der Waals surface area contributed by atoms with Gasteiger partial charge in [0.1, 0.15) is 5.82 Å². The van der Waals surface area contributed by atoms with Crippen molar-refractivity contribution in [3.8, 4) is 0 Å². The summed E-state index contributed by atoms with van der Waals surface area (Å²) in [5.41, 5.74) is 8.15. The fourth-order valence-electron chi connectivity index (χ4n) is 1.81. The predicted octanol–water partition coefficient (Wildman–Crippen LogP) is 2.82. The molecular weight excluding hydrogens is 217 g/mol. The molecule has 0 saturated heterocycles. The van der Waals surface area contributed by atoms with E-state index >= 15 is 0 Å². The number of halogens is 1. The molecular formula is C14H22FNO. The van der Waals surface area contributed by atoms with E-state index in [0.29, 0.717) is 0 Å². The maximum atomic E-state index is 13.1. The second-order valence-electron chi connectivity index (χ2n) is 4.66. The molecule has 0 spiro atoms. The predicted molar refractivity (Wildman–Crippen MR) is 68.5 cm³/mol. The lowest BCUT2D eigenvalue weighted by atomic mass is 9.98. The third kappa shape index (κ3) is 4.84. The highest BCUT2D eigenvalue weighted by Crippen LogP contribution is 2.14. The molecule has 0 heterocycles. The van der Waals surface area contributed by atoms with Crippen LogP contribution in [-0.4, -0.2) is 19.3 Å². The Bertz CT molecular complexity index is 354. The first kappa shape index (κ1) is 14.1. The fraction of sp³-hybridized carbons (Fsp3) is 0.571. The van der Waals surface area contributed by atoms with Gasteiger partial charge in [-0.15, -0.1) is 0 Å². The zero-order valence-electron chi connectivity index (χ0n) is 10.9. The number of rotatable bonds is 6. The third-order valence-electron chi connectivity index (χ3n) is 3.14. The monoisotopic (exact) mass is 239 g/mol. The molecule has 0 aromatic heterocycles. The molecule has 2 atom stereocenters. The van der Waals surface area contributed by atoms with Crippen LogP contribution in [-0.2, 0) is 11.2 Å². The number of methoxy groups -OCH3 is 1. The van der Waals surface area contributed by atoms with E-state index in [1.807, 2.05) is 13.8 Å². The van der Waals surface area contributed by atoms with Gasteiger partial charge >= 0.3 is 0 Å². The lowest BCUT2D eigenvalue weighted by Gasteiger charge is -2.16. The normalized spacial score (nSPS) is 14.6. The summed E-state index contributed by atoms with van der Waals surface area (Å²) in [5, 5.41) is 0. The molecule has 0 radical (unpaired) electrons. The van der Waals surface area contributed by atoms with Crippen molar-refractivity contribution in [1.82, 2.24) is 0 Å². The number of hydrogen-bond acceptors (Lipinski definition) is 2. The quantitative estimate of drug-likeness (QED) is 0.828. The second-order valence-corrected chi connectivity index (χ2v) is 4.66. The molecule has 0 amide bonds. The number of aryl methyl sites for hydroxylation is 1. The Balaban J connectivity index is 2.50. The minimum Gasteiger partial charge on any atom is -0.382 e. The van der Waals surface area contributed by atoms with Crippen LogP contribution in [0.3, 0.4) is 0 Å². The van der Waals surface area contributed by atoms with Crippen molar-refractivity contribution in [2.45, 2.75) is 45.3 Å². The van der Waals surface area contributed by atoms with Crippen molar-refractivity contribution in [2.24, 2.45) is 5.73 Å². The molecule has 1 rings (SSSR count). The van der Waals surface area contributed by atoms with Gasteiger partial charge in [0.25, 0.3) is 0 Å². The van der Waals surface area contributed by atoms with Gasteiger partial charge in [-0.25, -0.2) is 4.39 Å². The molecule has 3 heteroatoms. The zero-order chi connectivity index (χ0) is 12.8. The Hall–Kier alpha value is -0.930. The van der Waals surface area contributed by atoms with Gasteiger partial charge in [-0.2, -0.15) is 0 Å². The van der Waals surface area contributed by atoms with Gasteiger partial charge in [0.15, 0.2) is 0 Å². The lowest BCUT2D eigenvalue weighted by Crippen LogP contribution is -2.25. The summed E-state index contributed by atoms with van der Waals surface area (Å²) in [7, 11) is 1.70. The average molecular weight is 239 g/mol. The minimum atomic E-state index is -0.192. The molecule has 0 aliphatic heterocycles. The fourth-order valence-corrected chi connectivity index (χ4v) is 1.81. The average Bonchev–Trinajstić information content (AvgIpc) is 2.30. The van der Waals surface area contributed by atoms with Crippen LogP contribution < -0.4 is 5.73 Å². The Morgan fingerprint density at radius 2 is 2.06 bits per heavy atom. The van der Waals surface area contributed by atoms with Crippen molar-refractivity contribution < 1.29 is 9.13 Å². The summed E-state index contributed by atoms with van der Waals surface area (Å²) >= 11 is 0. The number of nitrogens with two attached hydrogens (primary N) is 1. The minimum absolute atomic E-state index is 0.0631. The smallest absolute Gasteiger partial charge is 0.123 e. The summed E-state index contributed by atoms with van der Waals surface area (Å²) in [6, 6.07) is 4.93. The standard InChI is InChI=1S/C14H22FNO/c1-10-4-6-13(15)8-12(10)9-14(16)7-5-11(2)17-3/h4,6,8,11,14H,5,7,9,16H2,1-3H3.